The summed E-state index contributed by atoms with van der Waals surface area (Å²) in [5, 5.41) is 11.8. The number of nitrogens with zero attached hydrogens (tertiary/aromatic N) is 1. The summed E-state index contributed by atoms with van der Waals surface area (Å²) in [7, 11) is 0. The van der Waals surface area contributed by atoms with Gasteiger partial charge in [-0.15, -0.1) is 11.3 Å². The molecule has 0 saturated carbocycles. The molecule has 6 heteroatoms. The summed E-state index contributed by atoms with van der Waals surface area (Å²) in [4.78, 5) is 15.1. The Morgan fingerprint density at radius 2 is 2.23 bits per heavy atom. The fraction of sp³-hybridized carbons (Fsp3) is 0.250. The summed E-state index contributed by atoms with van der Waals surface area (Å²) in [5.74, 6) is 1.30. The van der Waals surface area contributed by atoms with Gasteiger partial charge in [0.1, 0.15) is 23.8 Å². The zero-order valence-corrected chi connectivity index (χ0v) is 13.1. The van der Waals surface area contributed by atoms with Gasteiger partial charge in [0.25, 0.3) is 0 Å². The van der Waals surface area contributed by atoms with Gasteiger partial charge >= 0.3 is 5.97 Å². The lowest BCUT2D eigenvalue weighted by molar-refractivity contribution is -0.136. The number of carboxylic acid groups (broad SMARTS) is 1. The van der Waals surface area contributed by atoms with Crippen molar-refractivity contribution in [1.82, 2.24) is 4.98 Å². The molecule has 0 unspecified atom stereocenters. The molecule has 0 aliphatic rings. The average molecular weight is 317 g/mol. The molecule has 0 aliphatic heterocycles. The molecule has 0 amide bonds. The van der Waals surface area contributed by atoms with Crippen LogP contribution in [0.3, 0.4) is 0 Å². The third kappa shape index (κ3) is 2.96. The molecule has 114 valence electrons. The molecule has 1 N–H and O–H groups in total. The van der Waals surface area contributed by atoms with Crippen molar-refractivity contribution >= 4 is 27.4 Å². The molecule has 0 saturated heterocycles. The molecule has 0 atom stereocenters. The van der Waals surface area contributed by atoms with E-state index in [-0.39, 0.29) is 6.42 Å². The molecule has 0 aliphatic carbocycles. The number of hydrogen-bond acceptors (Lipinski definition) is 5. The van der Waals surface area contributed by atoms with E-state index in [2.05, 4.69) is 4.98 Å². The van der Waals surface area contributed by atoms with Crippen LogP contribution in [0.1, 0.15) is 22.9 Å². The Balaban J connectivity index is 1.78. The number of oxazole rings is 1. The SMILES string of the molecule is Cc1nc(COc2ccc3c(CC(=O)O)csc3c2)c(C)o1. The van der Waals surface area contributed by atoms with Gasteiger partial charge < -0.3 is 14.3 Å². The van der Waals surface area contributed by atoms with Crippen LogP contribution < -0.4 is 4.74 Å². The van der Waals surface area contributed by atoms with Gasteiger partial charge in [-0.05, 0) is 41.5 Å². The third-order valence-corrected chi connectivity index (χ3v) is 4.34. The number of carbonyl (C=O) groups is 1. The van der Waals surface area contributed by atoms with Gasteiger partial charge in [-0.2, -0.15) is 0 Å². The Labute approximate surface area is 131 Å². The Kier molecular flexibility index (Phi) is 3.85. The lowest BCUT2D eigenvalue weighted by Crippen LogP contribution is -1.99. The Bertz CT molecular complexity index is 834. The summed E-state index contributed by atoms with van der Waals surface area (Å²) in [6.07, 6.45) is 0.0393. The highest BCUT2D eigenvalue weighted by atomic mass is 32.1. The number of aliphatic carboxylic acids is 1. The highest BCUT2D eigenvalue weighted by Gasteiger charge is 2.10. The van der Waals surface area contributed by atoms with Crippen LogP contribution in [0, 0.1) is 13.8 Å². The molecule has 2 aromatic heterocycles. The maximum Gasteiger partial charge on any atom is 0.307 e. The molecule has 0 spiro atoms. The van der Waals surface area contributed by atoms with Gasteiger partial charge in [0.2, 0.25) is 0 Å². The van der Waals surface area contributed by atoms with Gasteiger partial charge in [0.15, 0.2) is 5.89 Å². The smallest absolute Gasteiger partial charge is 0.307 e. The average Bonchev–Trinajstić information content (AvgIpc) is 2.99. The van der Waals surface area contributed by atoms with E-state index in [1.807, 2.05) is 30.5 Å². The van der Waals surface area contributed by atoms with Crippen LogP contribution in [0.5, 0.6) is 5.75 Å². The van der Waals surface area contributed by atoms with Crippen molar-refractivity contribution in [1.29, 1.82) is 0 Å². The van der Waals surface area contributed by atoms with Crippen LogP contribution in [0.15, 0.2) is 28.0 Å². The first-order chi connectivity index (χ1) is 10.5. The van der Waals surface area contributed by atoms with E-state index in [1.165, 1.54) is 11.3 Å². The summed E-state index contributed by atoms with van der Waals surface area (Å²) < 4.78 is 12.1. The van der Waals surface area contributed by atoms with Gasteiger partial charge in [-0.1, -0.05) is 0 Å². The first-order valence-corrected chi connectivity index (χ1v) is 7.68. The number of hydrogen-bond donors (Lipinski definition) is 1. The number of carboxylic acids is 1. The molecule has 3 aromatic rings. The number of aromatic nitrogens is 1. The van der Waals surface area contributed by atoms with Gasteiger partial charge in [0.05, 0.1) is 6.42 Å². The minimum absolute atomic E-state index is 0.0393. The second-order valence-corrected chi connectivity index (χ2v) is 5.93. The normalized spacial score (nSPS) is 11.0. The number of rotatable bonds is 5. The van der Waals surface area contributed by atoms with E-state index < -0.39 is 5.97 Å². The van der Waals surface area contributed by atoms with Crippen molar-refractivity contribution in [2.24, 2.45) is 0 Å². The minimum Gasteiger partial charge on any atom is -0.487 e. The number of benzene rings is 1. The molecule has 0 fully saturated rings. The van der Waals surface area contributed by atoms with Crippen LogP contribution in [0.2, 0.25) is 0 Å². The predicted octanol–water partition coefficient (Wildman–Crippen LogP) is 3.71. The first kappa shape index (κ1) is 14.6. The molecule has 22 heavy (non-hydrogen) atoms. The molecule has 3 rings (SSSR count). The topological polar surface area (TPSA) is 72.6 Å². The molecule has 0 bridgehead atoms. The molecular weight excluding hydrogens is 302 g/mol. The lowest BCUT2D eigenvalue weighted by atomic mass is 10.1. The quantitative estimate of drug-likeness (QED) is 0.776. The zero-order valence-electron chi connectivity index (χ0n) is 12.3. The van der Waals surface area contributed by atoms with Crippen molar-refractivity contribution in [3.05, 3.63) is 46.5 Å². The third-order valence-electron chi connectivity index (χ3n) is 3.34. The van der Waals surface area contributed by atoms with Crippen LogP contribution in [-0.2, 0) is 17.8 Å². The van der Waals surface area contributed by atoms with Crippen molar-refractivity contribution < 1.29 is 19.1 Å². The Hall–Kier alpha value is -2.34. The monoisotopic (exact) mass is 317 g/mol. The Morgan fingerprint density at radius 1 is 1.41 bits per heavy atom. The van der Waals surface area contributed by atoms with E-state index in [4.69, 9.17) is 14.3 Å². The second kappa shape index (κ2) is 5.81. The van der Waals surface area contributed by atoms with E-state index >= 15 is 0 Å². The second-order valence-electron chi connectivity index (χ2n) is 5.01. The van der Waals surface area contributed by atoms with Crippen molar-refractivity contribution in [3.63, 3.8) is 0 Å². The van der Waals surface area contributed by atoms with Crippen molar-refractivity contribution in [2.45, 2.75) is 26.9 Å². The van der Waals surface area contributed by atoms with Crippen LogP contribution in [0.4, 0.5) is 0 Å². The van der Waals surface area contributed by atoms with E-state index in [9.17, 15) is 4.79 Å². The predicted molar refractivity (Wildman–Crippen MR) is 83.5 cm³/mol. The summed E-state index contributed by atoms with van der Waals surface area (Å²) >= 11 is 1.52. The van der Waals surface area contributed by atoms with Crippen LogP contribution in [-0.4, -0.2) is 16.1 Å². The molecule has 0 radical (unpaired) electrons. The van der Waals surface area contributed by atoms with Crippen LogP contribution >= 0.6 is 11.3 Å². The molecule has 5 nitrogen and oxygen atoms in total. The van der Waals surface area contributed by atoms with E-state index in [0.717, 1.165) is 32.9 Å². The van der Waals surface area contributed by atoms with Gasteiger partial charge in [-0.3, -0.25) is 4.79 Å². The number of fused-ring (bicyclic) bond motifs is 1. The lowest BCUT2D eigenvalue weighted by Gasteiger charge is -2.05. The Morgan fingerprint density at radius 3 is 2.91 bits per heavy atom. The fourth-order valence-electron chi connectivity index (χ4n) is 2.31. The largest absolute Gasteiger partial charge is 0.487 e. The number of ether oxygens (including phenoxy) is 1. The van der Waals surface area contributed by atoms with Gasteiger partial charge in [-0.25, -0.2) is 4.98 Å². The summed E-state index contributed by atoms with van der Waals surface area (Å²) in [6.45, 7) is 4.01. The maximum absolute atomic E-state index is 10.8. The van der Waals surface area contributed by atoms with E-state index in [1.54, 1.807) is 6.92 Å². The van der Waals surface area contributed by atoms with Crippen molar-refractivity contribution in [3.8, 4) is 5.75 Å². The van der Waals surface area contributed by atoms with E-state index in [0.29, 0.717) is 12.5 Å². The van der Waals surface area contributed by atoms with Gasteiger partial charge in [0, 0.05) is 11.6 Å². The highest BCUT2D eigenvalue weighted by Crippen LogP contribution is 2.30. The zero-order chi connectivity index (χ0) is 15.7. The minimum atomic E-state index is -0.822. The molecule has 2 heterocycles. The molecular formula is C16H15NO4S. The number of aryl methyl sites for hydroxylation is 2. The van der Waals surface area contributed by atoms with Crippen molar-refractivity contribution in [2.75, 3.05) is 0 Å². The first-order valence-electron chi connectivity index (χ1n) is 6.80. The summed E-state index contributed by atoms with van der Waals surface area (Å²) in [6, 6.07) is 5.68. The fourth-order valence-corrected chi connectivity index (χ4v) is 3.30. The maximum atomic E-state index is 10.8. The highest BCUT2D eigenvalue weighted by molar-refractivity contribution is 7.17. The standard InChI is InChI=1S/C16H15NO4S/c1-9-14(17-10(2)21-9)7-20-12-3-4-13-11(5-16(18)19)8-22-15(13)6-12/h3-4,6,8H,5,7H2,1-2H3,(H,18,19). The number of thiophene rings is 1. The molecule has 1 aromatic carbocycles. The van der Waals surface area contributed by atoms with Crippen LogP contribution in [0.25, 0.3) is 10.1 Å². The summed E-state index contributed by atoms with van der Waals surface area (Å²) in [5.41, 5.74) is 1.62.